The summed E-state index contributed by atoms with van der Waals surface area (Å²) in [6.07, 6.45) is 2.59. The summed E-state index contributed by atoms with van der Waals surface area (Å²) in [5.74, 6) is -1.03. The maximum atomic E-state index is 13.3. The van der Waals surface area contributed by atoms with Gasteiger partial charge in [0.2, 0.25) is 5.91 Å². The van der Waals surface area contributed by atoms with Crippen molar-refractivity contribution in [3.05, 3.63) is 56.2 Å². The molecule has 2 aliphatic rings. The van der Waals surface area contributed by atoms with Crippen LogP contribution in [0.3, 0.4) is 0 Å². The van der Waals surface area contributed by atoms with Crippen LogP contribution in [0.15, 0.2) is 36.4 Å². The molecular weight excluding hydrogens is 417 g/mol. The second kappa shape index (κ2) is 8.05. The van der Waals surface area contributed by atoms with E-state index >= 15 is 0 Å². The van der Waals surface area contributed by atoms with Gasteiger partial charge in [0.25, 0.3) is 0 Å². The molecule has 148 valence electrons. The fourth-order valence-corrected chi connectivity index (χ4v) is 5.62. The molecule has 1 saturated carbocycles. The van der Waals surface area contributed by atoms with Crippen molar-refractivity contribution < 1.29 is 14.7 Å². The van der Waals surface area contributed by atoms with Gasteiger partial charge >= 0.3 is 5.97 Å². The predicted octanol–water partition coefficient (Wildman–Crippen LogP) is 5.61. The summed E-state index contributed by atoms with van der Waals surface area (Å²) in [7, 11) is 0. The average Bonchev–Trinajstić information content (AvgIpc) is 3.36. The van der Waals surface area contributed by atoms with Gasteiger partial charge < -0.3 is 10.0 Å². The molecule has 4 rings (SSSR count). The maximum Gasteiger partial charge on any atom is 0.304 e. The highest BCUT2D eigenvalue weighted by molar-refractivity contribution is 7.16. The van der Waals surface area contributed by atoms with Crippen molar-refractivity contribution in [2.45, 2.75) is 37.6 Å². The van der Waals surface area contributed by atoms with Gasteiger partial charge in [-0.25, -0.2) is 0 Å². The number of carbonyl (C=O) groups excluding carboxylic acids is 1. The molecule has 1 aliphatic carbocycles. The lowest BCUT2D eigenvalue weighted by Gasteiger charge is -2.44. The first kappa shape index (κ1) is 19.7. The third kappa shape index (κ3) is 4.22. The van der Waals surface area contributed by atoms with E-state index in [1.165, 1.54) is 11.3 Å². The fraction of sp³-hybridized carbons (Fsp3) is 0.429. The number of rotatable bonds is 6. The van der Waals surface area contributed by atoms with Crippen LogP contribution in [0.5, 0.6) is 0 Å². The van der Waals surface area contributed by atoms with Crippen LogP contribution in [0.1, 0.15) is 48.1 Å². The summed E-state index contributed by atoms with van der Waals surface area (Å²) in [5.41, 5.74) is 1.03. The van der Waals surface area contributed by atoms with Gasteiger partial charge in [0, 0.05) is 28.3 Å². The molecule has 1 saturated heterocycles. The molecule has 0 bridgehead atoms. The number of aliphatic carboxylic acids is 1. The number of carbonyl (C=O) groups is 2. The summed E-state index contributed by atoms with van der Waals surface area (Å²) in [5, 5.41) is 9.98. The van der Waals surface area contributed by atoms with Crippen LogP contribution in [0.25, 0.3) is 0 Å². The zero-order valence-corrected chi connectivity index (χ0v) is 17.5. The first-order chi connectivity index (χ1) is 13.4. The zero-order chi connectivity index (χ0) is 19.8. The molecule has 1 unspecified atom stereocenters. The van der Waals surface area contributed by atoms with Crippen molar-refractivity contribution in [1.29, 1.82) is 0 Å². The van der Waals surface area contributed by atoms with Crippen molar-refractivity contribution in [3.63, 3.8) is 0 Å². The molecule has 2 aromatic rings. The van der Waals surface area contributed by atoms with Gasteiger partial charge in [0.15, 0.2) is 0 Å². The molecule has 0 radical (unpaired) electrons. The lowest BCUT2D eigenvalue weighted by Crippen LogP contribution is -2.48. The molecule has 2 heterocycles. The molecule has 0 spiro atoms. The van der Waals surface area contributed by atoms with E-state index in [0.29, 0.717) is 28.2 Å². The highest BCUT2D eigenvalue weighted by Gasteiger charge is 2.45. The molecule has 1 aliphatic heterocycles. The molecule has 1 aromatic heterocycles. The Morgan fingerprint density at radius 3 is 2.61 bits per heavy atom. The van der Waals surface area contributed by atoms with Crippen LogP contribution in [-0.2, 0) is 9.59 Å². The van der Waals surface area contributed by atoms with E-state index in [2.05, 4.69) is 0 Å². The number of benzene rings is 1. The van der Waals surface area contributed by atoms with Gasteiger partial charge in [0.05, 0.1) is 16.8 Å². The average molecular weight is 438 g/mol. The number of likely N-dealkylation sites (tertiary alicyclic amines) is 1. The first-order valence-corrected chi connectivity index (χ1v) is 11.0. The minimum absolute atomic E-state index is 0.0192. The Hall–Kier alpha value is -1.56. The highest BCUT2D eigenvalue weighted by Crippen LogP contribution is 2.49. The van der Waals surface area contributed by atoms with Crippen LogP contribution in [-0.4, -0.2) is 28.4 Å². The van der Waals surface area contributed by atoms with E-state index in [4.69, 9.17) is 23.2 Å². The Morgan fingerprint density at radius 1 is 1.21 bits per heavy atom. The molecule has 28 heavy (non-hydrogen) atoms. The van der Waals surface area contributed by atoms with E-state index < -0.39 is 11.9 Å². The zero-order valence-electron chi connectivity index (χ0n) is 15.2. The summed E-state index contributed by atoms with van der Waals surface area (Å²) >= 11 is 14.0. The number of nitrogens with zero attached hydrogens (tertiary/aromatic N) is 1. The minimum Gasteiger partial charge on any atom is -0.481 e. The summed E-state index contributed by atoms with van der Waals surface area (Å²) in [6.45, 7) is 0.673. The second-order valence-electron chi connectivity index (χ2n) is 7.71. The lowest BCUT2D eigenvalue weighted by molar-refractivity contribution is -0.150. The number of carboxylic acid groups (broad SMARTS) is 1. The summed E-state index contributed by atoms with van der Waals surface area (Å²) < 4.78 is 0.686. The monoisotopic (exact) mass is 437 g/mol. The van der Waals surface area contributed by atoms with E-state index in [1.807, 2.05) is 41.3 Å². The molecular formula is C21H21Cl2NO3S. The fourth-order valence-electron chi connectivity index (χ4n) is 4.18. The van der Waals surface area contributed by atoms with Gasteiger partial charge in [-0.15, -0.1) is 11.3 Å². The van der Waals surface area contributed by atoms with E-state index in [0.717, 1.165) is 23.3 Å². The van der Waals surface area contributed by atoms with E-state index in [9.17, 15) is 14.7 Å². The lowest BCUT2D eigenvalue weighted by atomic mass is 9.76. The number of carboxylic acids is 1. The van der Waals surface area contributed by atoms with Crippen LogP contribution in [0.4, 0.5) is 0 Å². The highest BCUT2D eigenvalue weighted by atomic mass is 35.5. The van der Waals surface area contributed by atoms with Gasteiger partial charge in [-0.2, -0.15) is 0 Å². The number of halogens is 2. The molecule has 1 N–H and O–H groups in total. The molecule has 2 fully saturated rings. The Morgan fingerprint density at radius 2 is 2.00 bits per heavy atom. The Bertz CT molecular complexity index is 895. The Kier molecular flexibility index (Phi) is 5.68. The van der Waals surface area contributed by atoms with E-state index in [-0.39, 0.29) is 24.3 Å². The van der Waals surface area contributed by atoms with Gasteiger partial charge in [-0.05, 0) is 55.0 Å². The number of hydrogen-bond donors (Lipinski definition) is 1. The number of amides is 1. The number of hydrogen-bond acceptors (Lipinski definition) is 3. The second-order valence-corrected chi connectivity index (χ2v) is 9.90. The third-order valence-corrected chi connectivity index (χ3v) is 7.16. The maximum absolute atomic E-state index is 13.3. The predicted molar refractivity (Wildman–Crippen MR) is 111 cm³/mol. The molecule has 7 heteroatoms. The smallest absolute Gasteiger partial charge is 0.304 e. The normalized spacial score (nSPS) is 25.1. The van der Waals surface area contributed by atoms with Crippen LogP contribution in [0.2, 0.25) is 9.36 Å². The Balaban J connectivity index is 1.77. The van der Waals surface area contributed by atoms with Crippen LogP contribution in [0, 0.1) is 11.8 Å². The van der Waals surface area contributed by atoms with Crippen molar-refractivity contribution >= 4 is 46.4 Å². The summed E-state index contributed by atoms with van der Waals surface area (Å²) in [4.78, 5) is 27.6. The first-order valence-electron chi connectivity index (χ1n) is 9.45. The molecule has 1 aromatic carbocycles. The topological polar surface area (TPSA) is 57.6 Å². The number of thiophene rings is 1. The minimum atomic E-state index is -0.938. The SMILES string of the molecule is O=C(O)C[C@H]1CC(c2cccc(Cl)c2)[C@@H](c2ccc(Cl)s2)N(CC2CC2)C1=O. The van der Waals surface area contributed by atoms with Crippen molar-refractivity contribution in [2.75, 3.05) is 6.54 Å². The molecule has 1 amide bonds. The van der Waals surface area contributed by atoms with Crippen molar-refractivity contribution in [3.8, 4) is 0 Å². The Labute approximate surface area is 178 Å². The van der Waals surface area contributed by atoms with Crippen molar-refractivity contribution in [2.24, 2.45) is 11.8 Å². The van der Waals surface area contributed by atoms with Gasteiger partial charge in [-0.1, -0.05) is 35.3 Å². The molecule has 4 nitrogen and oxygen atoms in total. The quantitative estimate of drug-likeness (QED) is 0.638. The third-order valence-electron chi connectivity index (χ3n) is 5.62. The largest absolute Gasteiger partial charge is 0.481 e. The van der Waals surface area contributed by atoms with Gasteiger partial charge in [0.1, 0.15) is 0 Å². The van der Waals surface area contributed by atoms with Crippen LogP contribution < -0.4 is 0 Å². The van der Waals surface area contributed by atoms with Gasteiger partial charge in [-0.3, -0.25) is 9.59 Å². The van der Waals surface area contributed by atoms with Crippen LogP contribution >= 0.6 is 34.5 Å². The van der Waals surface area contributed by atoms with E-state index in [1.54, 1.807) is 0 Å². The van der Waals surface area contributed by atoms with Crippen molar-refractivity contribution in [1.82, 2.24) is 4.90 Å². The summed E-state index contributed by atoms with van der Waals surface area (Å²) in [6, 6.07) is 11.4. The number of piperidine rings is 1. The standard InChI is InChI=1S/C21H21Cl2NO3S/c22-15-3-1-2-13(8-15)16-9-14(10-19(25)26)21(27)24(11-12-4-5-12)20(16)17-6-7-18(23)28-17/h1-3,6-8,12,14,16,20H,4-5,9-11H2,(H,25,26)/t14-,16?,20+/m1/s1. The molecule has 3 atom stereocenters.